The van der Waals surface area contributed by atoms with Crippen molar-refractivity contribution >= 4 is 11.9 Å². The summed E-state index contributed by atoms with van der Waals surface area (Å²) in [6.45, 7) is 6.51. The normalized spacial score (nSPS) is 10.9. The quantitative estimate of drug-likeness (QED) is 0.677. The highest BCUT2D eigenvalue weighted by molar-refractivity contribution is 7.97. The fraction of sp³-hybridized carbons (Fsp3) is 0.500. The Bertz CT molecular complexity index is 267. The number of hydrogen-bond donors (Lipinski definition) is 0. The van der Waals surface area contributed by atoms with Gasteiger partial charge in [0.15, 0.2) is 0 Å². The summed E-state index contributed by atoms with van der Waals surface area (Å²) in [6.07, 6.45) is 2.29. The maximum atomic E-state index is 12.7. The van der Waals surface area contributed by atoms with Gasteiger partial charge in [0, 0.05) is 18.0 Å². The minimum absolute atomic E-state index is 0.170. The molecule has 0 fully saturated rings. The molecule has 0 aliphatic rings. The number of benzene rings is 1. The average Bonchev–Trinajstić information content (AvgIpc) is 2.22. The molecule has 0 atom stereocenters. The summed E-state index contributed by atoms with van der Waals surface area (Å²) in [5.74, 6) is -0.170. The van der Waals surface area contributed by atoms with Crippen LogP contribution in [-0.2, 0) is 0 Å². The molecule has 1 nitrogen and oxygen atoms in total. The zero-order chi connectivity index (χ0) is 11.1. The van der Waals surface area contributed by atoms with Crippen LogP contribution in [0.2, 0.25) is 0 Å². The van der Waals surface area contributed by atoms with Crippen molar-refractivity contribution in [2.24, 2.45) is 0 Å². The molecule has 1 rings (SSSR count). The third-order valence-corrected chi connectivity index (χ3v) is 3.10. The minimum Gasteiger partial charge on any atom is -0.246 e. The van der Waals surface area contributed by atoms with E-state index in [2.05, 4.69) is 18.2 Å². The molecule has 0 saturated heterocycles. The second-order valence-electron chi connectivity index (χ2n) is 3.47. The van der Waals surface area contributed by atoms with Crippen LogP contribution in [0.3, 0.4) is 0 Å². The van der Waals surface area contributed by atoms with Gasteiger partial charge >= 0.3 is 0 Å². The van der Waals surface area contributed by atoms with Crippen LogP contribution in [0.15, 0.2) is 29.2 Å². The molecule has 0 aliphatic carbocycles. The van der Waals surface area contributed by atoms with Gasteiger partial charge in [-0.3, -0.25) is 0 Å². The van der Waals surface area contributed by atoms with Crippen LogP contribution in [-0.4, -0.2) is 17.4 Å². The first kappa shape index (κ1) is 12.5. The van der Waals surface area contributed by atoms with E-state index in [0.717, 1.165) is 30.8 Å². The lowest BCUT2D eigenvalue weighted by atomic mass is 10.4. The van der Waals surface area contributed by atoms with Crippen molar-refractivity contribution in [3.63, 3.8) is 0 Å². The predicted molar refractivity (Wildman–Crippen MR) is 64.4 cm³/mol. The standard InChI is InChI=1S/C12H18FNS/c1-3-9-14(10-4-2)15-12-7-5-11(13)6-8-12/h5-8H,3-4,9-10H2,1-2H3. The van der Waals surface area contributed by atoms with Crippen molar-refractivity contribution in [1.82, 2.24) is 4.31 Å². The van der Waals surface area contributed by atoms with Gasteiger partial charge in [0.25, 0.3) is 0 Å². The van der Waals surface area contributed by atoms with E-state index in [-0.39, 0.29) is 5.82 Å². The number of rotatable bonds is 6. The van der Waals surface area contributed by atoms with E-state index in [1.54, 1.807) is 11.9 Å². The smallest absolute Gasteiger partial charge is 0.123 e. The SMILES string of the molecule is CCCN(CCC)Sc1ccc(F)cc1. The van der Waals surface area contributed by atoms with Crippen LogP contribution in [0.4, 0.5) is 4.39 Å². The van der Waals surface area contributed by atoms with Crippen molar-refractivity contribution in [3.05, 3.63) is 30.1 Å². The van der Waals surface area contributed by atoms with E-state index in [0.29, 0.717) is 0 Å². The van der Waals surface area contributed by atoms with Gasteiger partial charge in [-0.25, -0.2) is 8.70 Å². The molecule has 0 radical (unpaired) electrons. The van der Waals surface area contributed by atoms with Crippen molar-refractivity contribution in [3.8, 4) is 0 Å². The number of halogens is 1. The first-order valence-electron chi connectivity index (χ1n) is 5.44. The van der Waals surface area contributed by atoms with Gasteiger partial charge in [-0.2, -0.15) is 0 Å². The van der Waals surface area contributed by atoms with Gasteiger partial charge < -0.3 is 0 Å². The van der Waals surface area contributed by atoms with Gasteiger partial charge in [0.2, 0.25) is 0 Å². The molecule has 0 unspecified atom stereocenters. The fourth-order valence-corrected chi connectivity index (χ4v) is 2.45. The van der Waals surface area contributed by atoms with Gasteiger partial charge in [-0.05, 0) is 49.1 Å². The topological polar surface area (TPSA) is 3.24 Å². The average molecular weight is 227 g/mol. The van der Waals surface area contributed by atoms with Crippen molar-refractivity contribution < 1.29 is 4.39 Å². The molecular weight excluding hydrogens is 209 g/mol. The lowest BCUT2D eigenvalue weighted by Crippen LogP contribution is -2.17. The highest BCUT2D eigenvalue weighted by Crippen LogP contribution is 2.23. The molecule has 0 N–H and O–H groups in total. The van der Waals surface area contributed by atoms with Crippen molar-refractivity contribution in [2.75, 3.05) is 13.1 Å². The Balaban J connectivity index is 2.53. The van der Waals surface area contributed by atoms with E-state index in [1.165, 1.54) is 12.1 Å². The maximum absolute atomic E-state index is 12.7. The van der Waals surface area contributed by atoms with E-state index in [1.807, 2.05) is 12.1 Å². The third-order valence-electron chi connectivity index (χ3n) is 1.99. The van der Waals surface area contributed by atoms with Crippen LogP contribution in [0, 0.1) is 5.82 Å². The molecule has 0 amide bonds. The molecule has 0 aromatic heterocycles. The first-order chi connectivity index (χ1) is 7.26. The Morgan fingerprint density at radius 1 is 1.07 bits per heavy atom. The largest absolute Gasteiger partial charge is 0.246 e. The predicted octanol–water partition coefficient (Wildman–Crippen LogP) is 3.95. The molecule has 84 valence electrons. The molecule has 0 aliphatic heterocycles. The van der Waals surface area contributed by atoms with Gasteiger partial charge in [0.1, 0.15) is 5.82 Å². The highest BCUT2D eigenvalue weighted by Gasteiger charge is 2.04. The van der Waals surface area contributed by atoms with Crippen LogP contribution < -0.4 is 0 Å². The summed E-state index contributed by atoms with van der Waals surface area (Å²) in [4.78, 5) is 1.11. The molecule has 1 aromatic rings. The second kappa shape index (κ2) is 6.85. The molecule has 1 aromatic carbocycles. The summed E-state index contributed by atoms with van der Waals surface area (Å²) >= 11 is 1.71. The third kappa shape index (κ3) is 4.67. The van der Waals surface area contributed by atoms with Gasteiger partial charge in [-0.15, -0.1) is 0 Å². The van der Waals surface area contributed by atoms with Crippen LogP contribution >= 0.6 is 11.9 Å². The summed E-state index contributed by atoms with van der Waals surface area (Å²) < 4.78 is 15.0. The zero-order valence-electron chi connectivity index (χ0n) is 9.37. The van der Waals surface area contributed by atoms with Crippen LogP contribution in [0.5, 0.6) is 0 Å². The van der Waals surface area contributed by atoms with E-state index in [4.69, 9.17) is 0 Å². The fourth-order valence-electron chi connectivity index (χ4n) is 1.35. The Labute approximate surface area is 95.8 Å². The first-order valence-corrected chi connectivity index (χ1v) is 6.22. The lowest BCUT2D eigenvalue weighted by molar-refractivity contribution is 0.467. The molecule has 0 bridgehead atoms. The minimum atomic E-state index is -0.170. The Morgan fingerprint density at radius 3 is 2.07 bits per heavy atom. The van der Waals surface area contributed by atoms with E-state index in [9.17, 15) is 4.39 Å². The molecule has 0 saturated carbocycles. The molecule has 3 heteroatoms. The van der Waals surface area contributed by atoms with Crippen molar-refractivity contribution in [2.45, 2.75) is 31.6 Å². The van der Waals surface area contributed by atoms with E-state index >= 15 is 0 Å². The highest BCUT2D eigenvalue weighted by atomic mass is 32.2. The second-order valence-corrected chi connectivity index (χ2v) is 4.64. The summed E-state index contributed by atoms with van der Waals surface area (Å²) in [7, 11) is 0. The monoisotopic (exact) mass is 227 g/mol. The Morgan fingerprint density at radius 2 is 1.60 bits per heavy atom. The number of nitrogens with zero attached hydrogens (tertiary/aromatic N) is 1. The summed E-state index contributed by atoms with van der Waals surface area (Å²) in [6, 6.07) is 6.69. The van der Waals surface area contributed by atoms with Gasteiger partial charge in [-0.1, -0.05) is 13.8 Å². The molecule has 0 heterocycles. The van der Waals surface area contributed by atoms with Crippen LogP contribution in [0.25, 0.3) is 0 Å². The summed E-state index contributed by atoms with van der Waals surface area (Å²) in [5.41, 5.74) is 0. The zero-order valence-corrected chi connectivity index (χ0v) is 10.2. The summed E-state index contributed by atoms with van der Waals surface area (Å²) in [5, 5.41) is 0. The maximum Gasteiger partial charge on any atom is 0.123 e. The lowest BCUT2D eigenvalue weighted by Gasteiger charge is -2.19. The van der Waals surface area contributed by atoms with Crippen LogP contribution in [0.1, 0.15) is 26.7 Å². The molecular formula is C12H18FNS. The molecule has 15 heavy (non-hydrogen) atoms. The molecule has 0 spiro atoms. The number of hydrogen-bond acceptors (Lipinski definition) is 2. The van der Waals surface area contributed by atoms with Gasteiger partial charge in [0.05, 0.1) is 0 Å². The van der Waals surface area contributed by atoms with E-state index < -0.39 is 0 Å². The Hall–Kier alpha value is -0.540. The Kier molecular flexibility index (Phi) is 5.73. The van der Waals surface area contributed by atoms with Crippen molar-refractivity contribution in [1.29, 1.82) is 0 Å².